The SMILES string of the molecule is Cc1ccc(S(=O)(=O)N/N=C/c2ccccn2)cc1. The fourth-order valence-electron chi connectivity index (χ4n) is 1.38. The Labute approximate surface area is 112 Å². The maximum Gasteiger partial charge on any atom is 0.276 e. The van der Waals surface area contributed by atoms with Crippen molar-refractivity contribution in [2.45, 2.75) is 11.8 Å². The van der Waals surface area contributed by atoms with Crippen LogP contribution in [0.15, 0.2) is 58.7 Å². The van der Waals surface area contributed by atoms with Crippen LogP contribution in [0.4, 0.5) is 0 Å². The second-order valence-corrected chi connectivity index (χ2v) is 5.58. The van der Waals surface area contributed by atoms with Gasteiger partial charge >= 0.3 is 0 Å². The molecule has 1 heterocycles. The Hall–Kier alpha value is -2.21. The van der Waals surface area contributed by atoms with E-state index in [0.717, 1.165) is 5.56 Å². The molecule has 2 rings (SSSR count). The van der Waals surface area contributed by atoms with E-state index < -0.39 is 10.0 Å². The Morgan fingerprint density at radius 1 is 1.16 bits per heavy atom. The van der Waals surface area contributed by atoms with Crippen LogP contribution in [0.1, 0.15) is 11.3 Å². The number of hydrogen-bond donors (Lipinski definition) is 1. The molecule has 19 heavy (non-hydrogen) atoms. The molecule has 98 valence electrons. The molecule has 2 aromatic rings. The number of aryl methyl sites for hydroxylation is 1. The molecule has 0 spiro atoms. The lowest BCUT2D eigenvalue weighted by Gasteiger charge is -2.03. The average Bonchev–Trinajstić information content (AvgIpc) is 2.40. The third kappa shape index (κ3) is 3.62. The Morgan fingerprint density at radius 2 is 1.89 bits per heavy atom. The summed E-state index contributed by atoms with van der Waals surface area (Å²) in [6.07, 6.45) is 2.96. The quantitative estimate of drug-likeness (QED) is 0.682. The van der Waals surface area contributed by atoms with E-state index in [1.54, 1.807) is 36.5 Å². The summed E-state index contributed by atoms with van der Waals surface area (Å²) in [5, 5.41) is 3.69. The second kappa shape index (κ2) is 5.62. The maximum atomic E-state index is 11.9. The van der Waals surface area contributed by atoms with Crippen LogP contribution in [0.2, 0.25) is 0 Å². The zero-order valence-electron chi connectivity index (χ0n) is 10.3. The summed E-state index contributed by atoms with van der Waals surface area (Å²) < 4.78 is 23.8. The number of benzene rings is 1. The molecular weight excluding hydrogens is 262 g/mol. The first-order valence-corrected chi connectivity index (χ1v) is 7.09. The van der Waals surface area contributed by atoms with Gasteiger partial charge in [-0.1, -0.05) is 23.8 Å². The zero-order valence-corrected chi connectivity index (χ0v) is 11.1. The van der Waals surface area contributed by atoms with Gasteiger partial charge in [-0.05, 0) is 31.2 Å². The maximum absolute atomic E-state index is 11.9. The predicted molar refractivity (Wildman–Crippen MR) is 73.3 cm³/mol. The number of hydrazone groups is 1. The van der Waals surface area contributed by atoms with Crippen LogP contribution >= 0.6 is 0 Å². The van der Waals surface area contributed by atoms with E-state index in [0.29, 0.717) is 5.69 Å². The summed E-state index contributed by atoms with van der Waals surface area (Å²) in [5.41, 5.74) is 1.57. The highest BCUT2D eigenvalue weighted by atomic mass is 32.2. The molecule has 0 aliphatic rings. The van der Waals surface area contributed by atoms with E-state index in [9.17, 15) is 8.42 Å². The highest BCUT2D eigenvalue weighted by Crippen LogP contribution is 2.09. The van der Waals surface area contributed by atoms with Crippen LogP contribution < -0.4 is 4.83 Å². The van der Waals surface area contributed by atoms with E-state index in [1.165, 1.54) is 18.3 Å². The lowest BCUT2D eigenvalue weighted by atomic mass is 10.2. The van der Waals surface area contributed by atoms with Gasteiger partial charge in [0.15, 0.2) is 0 Å². The minimum absolute atomic E-state index is 0.177. The van der Waals surface area contributed by atoms with Gasteiger partial charge in [0.2, 0.25) is 0 Å². The summed E-state index contributed by atoms with van der Waals surface area (Å²) in [6, 6.07) is 11.8. The van der Waals surface area contributed by atoms with E-state index in [4.69, 9.17) is 0 Å². The minimum atomic E-state index is -3.62. The fourth-order valence-corrected chi connectivity index (χ4v) is 2.18. The van der Waals surface area contributed by atoms with E-state index in [2.05, 4.69) is 14.9 Å². The highest BCUT2D eigenvalue weighted by Gasteiger charge is 2.11. The number of rotatable bonds is 4. The third-order valence-corrected chi connectivity index (χ3v) is 3.63. The molecule has 1 aromatic carbocycles. The van der Waals surface area contributed by atoms with Gasteiger partial charge in [-0.2, -0.15) is 13.5 Å². The van der Waals surface area contributed by atoms with Crippen molar-refractivity contribution in [1.82, 2.24) is 9.82 Å². The lowest BCUT2D eigenvalue weighted by molar-refractivity contribution is 0.584. The van der Waals surface area contributed by atoms with Crippen molar-refractivity contribution >= 4 is 16.2 Å². The number of hydrogen-bond acceptors (Lipinski definition) is 4. The molecular formula is C13H13N3O2S. The fraction of sp³-hybridized carbons (Fsp3) is 0.0769. The van der Waals surface area contributed by atoms with Crippen molar-refractivity contribution < 1.29 is 8.42 Å². The van der Waals surface area contributed by atoms with Crippen molar-refractivity contribution in [3.05, 3.63) is 59.9 Å². The van der Waals surface area contributed by atoms with Crippen molar-refractivity contribution in [2.75, 3.05) is 0 Å². The summed E-state index contributed by atoms with van der Waals surface area (Å²) in [6.45, 7) is 1.89. The molecule has 0 amide bonds. The van der Waals surface area contributed by atoms with Crippen molar-refractivity contribution in [1.29, 1.82) is 0 Å². The normalized spacial score (nSPS) is 11.6. The van der Waals surface area contributed by atoms with E-state index in [1.807, 2.05) is 6.92 Å². The largest absolute Gasteiger partial charge is 0.276 e. The van der Waals surface area contributed by atoms with Gasteiger partial charge in [0.25, 0.3) is 10.0 Å². The number of sulfonamides is 1. The molecule has 0 aliphatic carbocycles. The molecule has 0 fully saturated rings. The van der Waals surface area contributed by atoms with Crippen molar-refractivity contribution in [3.8, 4) is 0 Å². The monoisotopic (exact) mass is 275 g/mol. The summed E-state index contributed by atoms with van der Waals surface area (Å²) in [7, 11) is -3.62. The highest BCUT2D eigenvalue weighted by molar-refractivity contribution is 7.89. The minimum Gasteiger partial charge on any atom is -0.255 e. The van der Waals surface area contributed by atoms with Crippen LogP contribution in [-0.4, -0.2) is 19.6 Å². The average molecular weight is 275 g/mol. The van der Waals surface area contributed by atoms with Crippen LogP contribution in [0.25, 0.3) is 0 Å². The van der Waals surface area contributed by atoms with Gasteiger partial charge in [-0.15, -0.1) is 0 Å². The smallest absolute Gasteiger partial charge is 0.255 e. The summed E-state index contributed by atoms with van der Waals surface area (Å²) in [5.74, 6) is 0. The van der Waals surface area contributed by atoms with E-state index in [-0.39, 0.29) is 4.90 Å². The van der Waals surface area contributed by atoms with E-state index >= 15 is 0 Å². The number of nitrogens with one attached hydrogen (secondary N) is 1. The number of nitrogens with zero attached hydrogens (tertiary/aromatic N) is 2. The first-order chi connectivity index (χ1) is 9.08. The van der Waals surface area contributed by atoms with Crippen LogP contribution in [0, 0.1) is 6.92 Å². The summed E-state index contributed by atoms with van der Waals surface area (Å²) >= 11 is 0. The molecule has 1 N–H and O–H groups in total. The molecule has 1 aromatic heterocycles. The molecule has 0 radical (unpaired) electrons. The van der Waals surface area contributed by atoms with Gasteiger partial charge in [-0.3, -0.25) is 4.98 Å². The predicted octanol–water partition coefficient (Wildman–Crippen LogP) is 1.70. The number of pyridine rings is 1. The van der Waals surface area contributed by atoms with Gasteiger partial charge < -0.3 is 0 Å². The Balaban J connectivity index is 2.10. The number of aromatic nitrogens is 1. The Bertz CT molecular complexity index is 665. The molecule has 0 saturated carbocycles. The van der Waals surface area contributed by atoms with Crippen LogP contribution in [-0.2, 0) is 10.0 Å². The standard InChI is InChI=1S/C13H13N3O2S/c1-11-5-7-13(8-6-11)19(17,18)16-15-10-12-4-2-3-9-14-12/h2-10,16H,1H3/b15-10+. The van der Waals surface area contributed by atoms with Crippen LogP contribution in [0.5, 0.6) is 0 Å². The second-order valence-electron chi connectivity index (χ2n) is 3.92. The lowest BCUT2D eigenvalue weighted by Crippen LogP contribution is -2.18. The molecule has 0 atom stereocenters. The Kier molecular flexibility index (Phi) is 3.91. The molecule has 0 bridgehead atoms. The third-order valence-electron chi connectivity index (χ3n) is 2.39. The van der Waals surface area contributed by atoms with Gasteiger partial charge in [0, 0.05) is 6.20 Å². The van der Waals surface area contributed by atoms with Crippen molar-refractivity contribution in [3.63, 3.8) is 0 Å². The molecule has 0 unspecified atom stereocenters. The first-order valence-electron chi connectivity index (χ1n) is 5.60. The molecule has 5 nitrogen and oxygen atoms in total. The van der Waals surface area contributed by atoms with Gasteiger partial charge in [-0.25, -0.2) is 4.83 Å². The molecule has 0 aliphatic heterocycles. The molecule has 6 heteroatoms. The molecule has 0 saturated heterocycles. The van der Waals surface area contributed by atoms with Crippen LogP contribution in [0.3, 0.4) is 0 Å². The van der Waals surface area contributed by atoms with Gasteiger partial charge in [0.1, 0.15) is 0 Å². The first kappa shape index (κ1) is 13.2. The van der Waals surface area contributed by atoms with Crippen molar-refractivity contribution in [2.24, 2.45) is 5.10 Å². The zero-order chi connectivity index (χ0) is 13.7. The van der Waals surface area contributed by atoms with Gasteiger partial charge in [0.05, 0.1) is 16.8 Å². The summed E-state index contributed by atoms with van der Waals surface area (Å²) in [4.78, 5) is 6.32. The Morgan fingerprint density at radius 3 is 2.53 bits per heavy atom. The topological polar surface area (TPSA) is 71.4 Å².